The zero-order valence-electron chi connectivity index (χ0n) is 56.6. The summed E-state index contributed by atoms with van der Waals surface area (Å²) in [5.41, 5.74) is 0. The Balaban J connectivity index is 0.983. The van der Waals surface area contributed by atoms with Gasteiger partial charge in [0.05, 0.1) is 0 Å². The van der Waals surface area contributed by atoms with Crippen LogP contribution in [0.4, 0.5) is 0 Å². The molecule has 4 fully saturated rings. The van der Waals surface area contributed by atoms with E-state index in [4.69, 9.17) is 47.4 Å². The highest BCUT2D eigenvalue weighted by Crippen LogP contribution is 2.23. The van der Waals surface area contributed by atoms with Gasteiger partial charge in [0.15, 0.2) is 25.2 Å². The van der Waals surface area contributed by atoms with Crippen LogP contribution in [0.25, 0.3) is 0 Å². The minimum absolute atomic E-state index is 0.00602. The molecule has 0 aliphatic carbocycles. The number of nitrogens with one attached hydrogen (secondary N) is 1. The van der Waals surface area contributed by atoms with E-state index in [1.807, 2.05) is 0 Å². The monoisotopic (exact) mass is 1240 g/mol. The molecule has 4 saturated heterocycles. The van der Waals surface area contributed by atoms with Gasteiger partial charge in [-0.1, -0.05) is 128 Å². The van der Waals surface area contributed by atoms with Gasteiger partial charge in [-0.15, -0.1) is 0 Å². The molecular formula is C73H138N2O12. The lowest BCUT2D eigenvalue weighted by atomic mass is 10.0. The third-order valence-corrected chi connectivity index (χ3v) is 18.3. The molecule has 0 aromatic carbocycles. The maximum atomic E-state index is 13.2. The second-order valence-corrected chi connectivity index (χ2v) is 26.6. The smallest absolute Gasteiger partial charge is 0.306 e. The molecule has 0 amide bonds. The fraction of sp³-hybridized carbons (Fsp3) is 0.973. The Morgan fingerprint density at radius 3 is 0.908 bits per heavy atom. The van der Waals surface area contributed by atoms with Crippen molar-refractivity contribution in [1.29, 1.82) is 0 Å². The fourth-order valence-corrected chi connectivity index (χ4v) is 12.7. The van der Waals surface area contributed by atoms with Gasteiger partial charge in [0.1, 0.15) is 12.2 Å². The molecule has 4 heterocycles. The molecule has 0 radical (unpaired) electrons. The lowest BCUT2D eigenvalue weighted by Crippen LogP contribution is -2.23. The highest BCUT2D eigenvalue weighted by molar-refractivity contribution is 5.69. The van der Waals surface area contributed by atoms with Crippen LogP contribution in [0.5, 0.6) is 0 Å². The molecule has 0 saturated carbocycles. The number of hydrogen-bond acceptors (Lipinski definition) is 14. The van der Waals surface area contributed by atoms with Gasteiger partial charge in [0, 0.05) is 65.7 Å². The second kappa shape index (κ2) is 58.4. The van der Waals surface area contributed by atoms with Gasteiger partial charge in [0.25, 0.3) is 0 Å². The van der Waals surface area contributed by atoms with Gasteiger partial charge in [-0.05, 0) is 226 Å². The molecule has 0 spiro atoms. The van der Waals surface area contributed by atoms with Crippen molar-refractivity contribution in [2.45, 2.75) is 371 Å². The van der Waals surface area contributed by atoms with E-state index in [1.165, 1.54) is 154 Å². The molecule has 14 heteroatoms. The minimum atomic E-state index is -0.0113. The average Bonchev–Trinajstić information content (AvgIpc) is 3.55. The van der Waals surface area contributed by atoms with Crippen LogP contribution in [0.3, 0.4) is 0 Å². The topological polar surface area (TPSA) is 142 Å². The first-order valence-corrected chi connectivity index (χ1v) is 37.7. The van der Waals surface area contributed by atoms with Gasteiger partial charge >= 0.3 is 11.9 Å². The van der Waals surface area contributed by atoms with E-state index < -0.39 is 0 Å². The minimum Gasteiger partial charge on any atom is -0.462 e. The van der Waals surface area contributed by atoms with Gasteiger partial charge in [-0.3, -0.25) is 9.59 Å². The Morgan fingerprint density at radius 2 is 0.609 bits per heavy atom. The first kappa shape index (κ1) is 78.0. The number of rotatable bonds is 61. The largest absolute Gasteiger partial charge is 0.462 e. The first-order chi connectivity index (χ1) is 43.0. The van der Waals surface area contributed by atoms with Crippen molar-refractivity contribution in [2.24, 2.45) is 0 Å². The van der Waals surface area contributed by atoms with Gasteiger partial charge in [-0.25, -0.2) is 0 Å². The summed E-state index contributed by atoms with van der Waals surface area (Å²) < 4.78 is 58.8. The third kappa shape index (κ3) is 48.0. The van der Waals surface area contributed by atoms with Crippen molar-refractivity contribution in [2.75, 3.05) is 86.1 Å². The molecule has 4 rings (SSSR count). The molecule has 14 nitrogen and oxygen atoms in total. The summed E-state index contributed by atoms with van der Waals surface area (Å²) in [6.07, 6.45) is 58.9. The van der Waals surface area contributed by atoms with Gasteiger partial charge in [-0.2, -0.15) is 0 Å². The molecule has 4 atom stereocenters. The fourth-order valence-electron chi connectivity index (χ4n) is 12.7. The maximum absolute atomic E-state index is 13.2. The summed E-state index contributed by atoms with van der Waals surface area (Å²) in [5.74, 6) is -0.0173. The lowest BCUT2D eigenvalue weighted by molar-refractivity contribution is -0.163. The van der Waals surface area contributed by atoms with Crippen molar-refractivity contribution in [3.63, 3.8) is 0 Å². The number of carbonyl (C=O) groups excluding carboxylic acids is 2. The van der Waals surface area contributed by atoms with Crippen molar-refractivity contribution in [1.82, 2.24) is 10.2 Å². The predicted octanol–water partition coefficient (Wildman–Crippen LogP) is 18.1. The van der Waals surface area contributed by atoms with E-state index in [1.54, 1.807) is 0 Å². The van der Waals surface area contributed by atoms with Crippen LogP contribution in [0.2, 0.25) is 0 Å². The van der Waals surface area contributed by atoms with Gasteiger partial charge < -0.3 is 57.6 Å². The van der Waals surface area contributed by atoms with Crippen molar-refractivity contribution in [3.05, 3.63) is 0 Å². The van der Waals surface area contributed by atoms with Crippen LogP contribution in [0.15, 0.2) is 0 Å². The molecule has 87 heavy (non-hydrogen) atoms. The van der Waals surface area contributed by atoms with Crippen molar-refractivity contribution < 1.29 is 57.0 Å². The van der Waals surface area contributed by atoms with Crippen molar-refractivity contribution >= 4 is 11.9 Å². The number of esters is 2. The Bertz CT molecular complexity index is 1410. The number of hydrogen-bond donors (Lipinski definition) is 1. The van der Waals surface area contributed by atoms with E-state index in [-0.39, 0.29) is 49.3 Å². The molecule has 1 N–H and O–H groups in total. The second-order valence-electron chi connectivity index (χ2n) is 26.6. The SMILES string of the molecule is CN(CCCCNCCCCC(=O)OC(CCCCCCCCCOC1CCCCO1)CCCCCCCCCOC1CCCCO1)CCCCC(=O)OC(CCCCCCCCCOC1CCCCO1)CCCCCCCCCOC1CCCCO1. The summed E-state index contributed by atoms with van der Waals surface area (Å²) >= 11 is 0. The Morgan fingerprint density at radius 1 is 0.345 bits per heavy atom. The van der Waals surface area contributed by atoms with Crippen molar-refractivity contribution in [3.8, 4) is 0 Å². The molecule has 512 valence electrons. The number of unbranched alkanes of at least 4 members (excludes halogenated alkanes) is 27. The standard InChI is InChI=1S/C73H138N2O12/c1-75(56-34-27-49-69(77)87-67(46-24-16-8-4-12-20-38-60-80-72-52-30-42-64-84-72)47-25-17-9-5-13-21-39-61-81-73-53-31-43-65-85-73)57-35-33-55-74-54-32-26-48-68(76)86-66(44-22-14-6-2-10-18-36-58-78-70-50-28-40-62-82-70)45-23-15-7-3-11-19-37-59-79-71-51-29-41-63-83-71/h66-67,70-74H,2-65H2,1H3. The van der Waals surface area contributed by atoms with Crippen LogP contribution in [0, 0.1) is 0 Å². The Hall–Kier alpha value is -1.46. The van der Waals surface area contributed by atoms with E-state index in [0.717, 1.165) is 246 Å². The number of carbonyl (C=O) groups is 2. The molecule has 4 aliphatic rings. The summed E-state index contributed by atoms with van der Waals surface area (Å²) in [4.78, 5) is 28.7. The van der Waals surface area contributed by atoms with E-state index in [9.17, 15) is 9.59 Å². The Kier molecular flexibility index (Phi) is 52.3. The highest BCUT2D eigenvalue weighted by Gasteiger charge is 2.19. The quantitative estimate of drug-likeness (QED) is 0.0456. The summed E-state index contributed by atoms with van der Waals surface area (Å²) in [5, 5.41) is 3.62. The zero-order valence-corrected chi connectivity index (χ0v) is 56.6. The predicted molar refractivity (Wildman–Crippen MR) is 353 cm³/mol. The van der Waals surface area contributed by atoms with Gasteiger partial charge in [0.2, 0.25) is 0 Å². The Labute approximate surface area is 534 Å². The third-order valence-electron chi connectivity index (χ3n) is 18.3. The highest BCUT2D eigenvalue weighted by atomic mass is 16.7. The molecule has 0 aromatic rings. The molecule has 4 aliphatic heterocycles. The normalized spacial score (nSPS) is 20.0. The van der Waals surface area contributed by atoms with Crippen LogP contribution in [0.1, 0.15) is 334 Å². The maximum Gasteiger partial charge on any atom is 0.306 e. The van der Waals surface area contributed by atoms with Crippen LogP contribution >= 0.6 is 0 Å². The summed E-state index contributed by atoms with van der Waals surface area (Å²) in [6.45, 7) is 10.7. The van der Waals surface area contributed by atoms with E-state index >= 15 is 0 Å². The molecule has 0 aromatic heterocycles. The zero-order chi connectivity index (χ0) is 61.2. The lowest BCUT2D eigenvalue weighted by Gasteiger charge is -2.22. The average molecular weight is 1240 g/mol. The molecular weight excluding hydrogens is 1100 g/mol. The number of ether oxygens (including phenoxy) is 10. The number of nitrogens with zero attached hydrogens (tertiary/aromatic N) is 1. The molecule has 4 unspecified atom stereocenters. The van der Waals surface area contributed by atoms with E-state index in [0.29, 0.717) is 12.8 Å². The van der Waals surface area contributed by atoms with Crippen LogP contribution < -0.4 is 5.32 Å². The van der Waals surface area contributed by atoms with Crippen LogP contribution in [-0.2, 0) is 57.0 Å². The van der Waals surface area contributed by atoms with E-state index in [2.05, 4.69) is 17.3 Å². The molecule has 0 bridgehead atoms. The summed E-state index contributed by atoms with van der Waals surface area (Å²) in [6, 6.07) is 0. The van der Waals surface area contributed by atoms with Crippen LogP contribution in [-0.4, -0.2) is 140 Å². The summed E-state index contributed by atoms with van der Waals surface area (Å²) in [7, 11) is 2.21. The first-order valence-electron chi connectivity index (χ1n) is 37.7.